The van der Waals surface area contributed by atoms with Crippen molar-refractivity contribution < 1.29 is 4.79 Å². The van der Waals surface area contributed by atoms with Gasteiger partial charge in [-0.3, -0.25) is 9.69 Å². The lowest BCUT2D eigenvalue weighted by Crippen LogP contribution is -2.50. The fourth-order valence-corrected chi connectivity index (χ4v) is 2.58. The van der Waals surface area contributed by atoms with Crippen molar-refractivity contribution in [2.45, 2.75) is 39.2 Å². The van der Waals surface area contributed by atoms with Gasteiger partial charge in [-0.25, -0.2) is 0 Å². The Hall–Kier alpha value is -0.870. The number of carbonyl (C=O) groups excluding carboxylic acids is 1. The second-order valence-corrected chi connectivity index (χ2v) is 5.42. The van der Waals surface area contributed by atoms with Crippen molar-refractivity contribution in [3.05, 3.63) is 12.7 Å². The van der Waals surface area contributed by atoms with Gasteiger partial charge in [0.15, 0.2) is 0 Å². The monoisotopic (exact) mass is 267 g/mol. The zero-order valence-corrected chi connectivity index (χ0v) is 12.5. The first-order valence-corrected chi connectivity index (χ1v) is 7.52. The molecule has 1 rings (SSSR count). The predicted octanol–water partition coefficient (Wildman–Crippen LogP) is 1.39. The second-order valence-electron chi connectivity index (χ2n) is 5.42. The molecule has 110 valence electrons. The van der Waals surface area contributed by atoms with E-state index in [1.54, 1.807) is 6.08 Å². The maximum absolute atomic E-state index is 12.0. The van der Waals surface area contributed by atoms with Gasteiger partial charge in [-0.1, -0.05) is 13.0 Å². The first-order valence-electron chi connectivity index (χ1n) is 7.52. The first kappa shape index (κ1) is 16.2. The van der Waals surface area contributed by atoms with Crippen molar-refractivity contribution in [2.75, 3.05) is 32.7 Å². The van der Waals surface area contributed by atoms with E-state index in [-0.39, 0.29) is 11.9 Å². The van der Waals surface area contributed by atoms with E-state index >= 15 is 0 Å². The number of amides is 1. The molecule has 1 aliphatic rings. The fourth-order valence-electron chi connectivity index (χ4n) is 2.58. The Balaban J connectivity index is 2.35. The van der Waals surface area contributed by atoms with Gasteiger partial charge in [0.1, 0.15) is 0 Å². The molecule has 2 atom stereocenters. The average Bonchev–Trinajstić information content (AvgIpc) is 2.44. The van der Waals surface area contributed by atoms with Crippen LogP contribution in [0.4, 0.5) is 0 Å². The van der Waals surface area contributed by atoms with Crippen molar-refractivity contribution in [3.63, 3.8) is 0 Å². The third-order valence-corrected chi connectivity index (χ3v) is 3.76. The van der Waals surface area contributed by atoms with E-state index in [2.05, 4.69) is 29.0 Å². The van der Waals surface area contributed by atoms with Gasteiger partial charge in [-0.2, -0.15) is 0 Å². The van der Waals surface area contributed by atoms with Crippen LogP contribution >= 0.6 is 0 Å². The maximum atomic E-state index is 12.0. The third-order valence-electron chi connectivity index (χ3n) is 3.76. The average molecular weight is 267 g/mol. The summed E-state index contributed by atoms with van der Waals surface area (Å²) in [6.07, 6.45) is 5.36. The lowest BCUT2D eigenvalue weighted by atomic mass is 9.96. The molecule has 1 heterocycles. The van der Waals surface area contributed by atoms with Crippen molar-refractivity contribution in [1.82, 2.24) is 15.5 Å². The Morgan fingerprint density at radius 2 is 2.37 bits per heavy atom. The number of carbonyl (C=O) groups is 1. The molecule has 4 nitrogen and oxygen atoms in total. The van der Waals surface area contributed by atoms with E-state index in [0.717, 1.165) is 26.2 Å². The van der Waals surface area contributed by atoms with Crippen LogP contribution in [0.5, 0.6) is 0 Å². The van der Waals surface area contributed by atoms with Crippen LogP contribution in [0.3, 0.4) is 0 Å². The molecule has 0 spiro atoms. The zero-order chi connectivity index (χ0) is 14.1. The molecule has 2 unspecified atom stereocenters. The molecular weight excluding hydrogens is 238 g/mol. The molecule has 1 aliphatic heterocycles. The van der Waals surface area contributed by atoms with Gasteiger partial charge in [0.2, 0.25) is 5.91 Å². The standard InChI is InChI=1S/C15H29N3O/c1-4-8-16-11-14-7-6-10-18(12-14)13(3)15(19)17-9-5-2/h5,13-14,16H,2,4,6-12H2,1,3H3,(H,17,19). The molecule has 0 aromatic heterocycles. The summed E-state index contributed by atoms with van der Waals surface area (Å²) in [5.74, 6) is 0.789. The van der Waals surface area contributed by atoms with Gasteiger partial charge >= 0.3 is 0 Å². The van der Waals surface area contributed by atoms with E-state index < -0.39 is 0 Å². The van der Waals surface area contributed by atoms with Crippen LogP contribution in [-0.4, -0.2) is 49.6 Å². The Labute approximate surface area is 117 Å². The van der Waals surface area contributed by atoms with E-state index in [9.17, 15) is 4.79 Å². The van der Waals surface area contributed by atoms with E-state index in [4.69, 9.17) is 0 Å². The largest absolute Gasteiger partial charge is 0.351 e. The van der Waals surface area contributed by atoms with E-state index in [1.165, 1.54) is 19.3 Å². The van der Waals surface area contributed by atoms with Crippen LogP contribution in [-0.2, 0) is 4.79 Å². The Morgan fingerprint density at radius 1 is 1.58 bits per heavy atom. The molecule has 1 fully saturated rings. The number of likely N-dealkylation sites (tertiary alicyclic amines) is 1. The molecule has 0 bridgehead atoms. The van der Waals surface area contributed by atoms with Crippen molar-refractivity contribution >= 4 is 5.91 Å². The summed E-state index contributed by atoms with van der Waals surface area (Å²) in [7, 11) is 0. The first-order chi connectivity index (χ1) is 9.19. The SMILES string of the molecule is C=CCNC(=O)C(C)N1CCCC(CNCCC)C1. The summed E-state index contributed by atoms with van der Waals surface area (Å²) in [5, 5.41) is 6.37. The molecule has 19 heavy (non-hydrogen) atoms. The van der Waals surface area contributed by atoms with E-state index in [1.807, 2.05) is 6.92 Å². The molecule has 1 saturated heterocycles. The third kappa shape index (κ3) is 5.74. The molecule has 0 saturated carbocycles. The summed E-state index contributed by atoms with van der Waals surface area (Å²) in [6, 6.07) is -0.0334. The van der Waals surface area contributed by atoms with Crippen LogP contribution in [0.1, 0.15) is 33.1 Å². The highest BCUT2D eigenvalue weighted by molar-refractivity contribution is 5.81. The molecule has 2 N–H and O–H groups in total. The Kier molecular flexibility index (Phi) is 7.75. The van der Waals surface area contributed by atoms with E-state index in [0.29, 0.717) is 12.5 Å². The smallest absolute Gasteiger partial charge is 0.237 e. The summed E-state index contributed by atoms with van der Waals surface area (Å²) in [6.45, 7) is 12.6. The number of rotatable bonds is 8. The Morgan fingerprint density at radius 3 is 3.05 bits per heavy atom. The van der Waals surface area contributed by atoms with Gasteiger partial charge < -0.3 is 10.6 Å². The molecule has 0 aromatic rings. The topological polar surface area (TPSA) is 44.4 Å². The Bertz CT molecular complexity index is 281. The number of nitrogens with zero attached hydrogens (tertiary/aromatic N) is 1. The van der Waals surface area contributed by atoms with Crippen LogP contribution in [0.15, 0.2) is 12.7 Å². The number of nitrogens with one attached hydrogen (secondary N) is 2. The minimum Gasteiger partial charge on any atom is -0.351 e. The van der Waals surface area contributed by atoms with Crippen molar-refractivity contribution in [2.24, 2.45) is 5.92 Å². The zero-order valence-electron chi connectivity index (χ0n) is 12.5. The summed E-state index contributed by atoms with van der Waals surface area (Å²) >= 11 is 0. The lowest BCUT2D eigenvalue weighted by Gasteiger charge is -2.36. The number of hydrogen-bond donors (Lipinski definition) is 2. The molecule has 0 radical (unpaired) electrons. The van der Waals surface area contributed by atoms with Crippen LogP contribution in [0.25, 0.3) is 0 Å². The molecule has 4 heteroatoms. The summed E-state index contributed by atoms with van der Waals surface area (Å²) < 4.78 is 0. The summed E-state index contributed by atoms with van der Waals surface area (Å²) in [4.78, 5) is 14.3. The predicted molar refractivity (Wildman–Crippen MR) is 80.1 cm³/mol. The van der Waals surface area contributed by atoms with Crippen LogP contribution in [0, 0.1) is 5.92 Å². The van der Waals surface area contributed by atoms with Gasteiger partial charge in [0.25, 0.3) is 0 Å². The van der Waals surface area contributed by atoms with Gasteiger partial charge in [0, 0.05) is 13.1 Å². The summed E-state index contributed by atoms with van der Waals surface area (Å²) in [5.41, 5.74) is 0. The minimum atomic E-state index is -0.0334. The number of hydrogen-bond acceptors (Lipinski definition) is 3. The normalized spacial score (nSPS) is 21.9. The van der Waals surface area contributed by atoms with Crippen LogP contribution < -0.4 is 10.6 Å². The highest BCUT2D eigenvalue weighted by Gasteiger charge is 2.26. The van der Waals surface area contributed by atoms with Crippen molar-refractivity contribution in [1.29, 1.82) is 0 Å². The van der Waals surface area contributed by atoms with Gasteiger partial charge in [-0.05, 0) is 51.7 Å². The molecule has 0 aromatic carbocycles. The fraction of sp³-hybridized carbons (Fsp3) is 0.800. The maximum Gasteiger partial charge on any atom is 0.237 e. The second kappa shape index (κ2) is 9.10. The lowest BCUT2D eigenvalue weighted by molar-refractivity contribution is -0.126. The molecule has 1 amide bonds. The van der Waals surface area contributed by atoms with Crippen molar-refractivity contribution in [3.8, 4) is 0 Å². The van der Waals surface area contributed by atoms with Gasteiger partial charge in [-0.15, -0.1) is 6.58 Å². The number of piperidine rings is 1. The minimum absolute atomic E-state index is 0.0334. The van der Waals surface area contributed by atoms with Crippen LogP contribution in [0.2, 0.25) is 0 Å². The quantitative estimate of drug-likeness (QED) is 0.516. The molecule has 0 aliphatic carbocycles. The van der Waals surface area contributed by atoms with Gasteiger partial charge in [0.05, 0.1) is 6.04 Å². The highest BCUT2D eigenvalue weighted by Crippen LogP contribution is 2.18. The highest BCUT2D eigenvalue weighted by atomic mass is 16.2. The molecular formula is C15H29N3O.